The Morgan fingerprint density at radius 1 is 1.41 bits per heavy atom. The van der Waals surface area contributed by atoms with Crippen molar-refractivity contribution in [1.29, 1.82) is 0 Å². The molecule has 0 aliphatic heterocycles. The fraction of sp³-hybridized carbons (Fsp3) is 0.273. The second-order valence-electron chi connectivity index (χ2n) is 3.75. The van der Waals surface area contributed by atoms with Crippen LogP contribution in [0.1, 0.15) is 12.5 Å². The van der Waals surface area contributed by atoms with Gasteiger partial charge in [0, 0.05) is 0 Å². The number of anilines is 2. The lowest BCUT2D eigenvalue weighted by Crippen LogP contribution is -2.40. The molecule has 1 rings (SSSR count). The number of amides is 2. The molecule has 6 nitrogen and oxygen atoms in total. The number of nitrogens with two attached hydrogens (primary N) is 1. The third-order valence-electron chi connectivity index (χ3n) is 2.17. The van der Waals surface area contributed by atoms with E-state index in [4.69, 9.17) is 10.8 Å². The monoisotopic (exact) mass is 237 g/mol. The Bertz CT molecular complexity index is 446. The molecule has 0 spiro atoms. The molecule has 6 heteroatoms. The SMILES string of the molecule is Cc1ccc(NC(=O)NC(C)C(=O)O)c(N)c1. The van der Waals surface area contributed by atoms with E-state index in [1.54, 1.807) is 18.2 Å². The molecule has 0 fully saturated rings. The highest BCUT2D eigenvalue weighted by molar-refractivity contribution is 5.94. The summed E-state index contributed by atoms with van der Waals surface area (Å²) in [5.41, 5.74) is 7.56. The third kappa shape index (κ3) is 3.67. The van der Waals surface area contributed by atoms with Crippen molar-refractivity contribution in [2.75, 3.05) is 11.1 Å². The molecule has 0 bridgehead atoms. The van der Waals surface area contributed by atoms with Gasteiger partial charge in [-0.25, -0.2) is 4.79 Å². The first-order valence-corrected chi connectivity index (χ1v) is 5.06. The third-order valence-corrected chi connectivity index (χ3v) is 2.17. The van der Waals surface area contributed by atoms with Crippen molar-refractivity contribution in [3.8, 4) is 0 Å². The van der Waals surface area contributed by atoms with Crippen LogP contribution in [0.3, 0.4) is 0 Å². The Balaban J connectivity index is 2.65. The second kappa shape index (κ2) is 5.20. The number of hydrogen-bond acceptors (Lipinski definition) is 3. The van der Waals surface area contributed by atoms with Crippen LogP contribution in [0.2, 0.25) is 0 Å². The first kappa shape index (κ1) is 12.8. The van der Waals surface area contributed by atoms with Crippen LogP contribution in [0.15, 0.2) is 18.2 Å². The smallest absolute Gasteiger partial charge is 0.325 e. The number of rotatable bonds is 3. The maximum atomic E-state index is 11.4. The zero-order valence-corrected chi connectivity index (χ0v) is 9.65. The van der Waals surface area contributed by atoms with Crippen molar-refractivity contribution < 1.29 is 14.7 Å². The quantitative estimate of drug-likeness (QED) is 0.592. The predicted octanol–water partition coefficient (Wildman–Crippen LogP) is 1.17. The topological polar surface area (TPSA) is 104 Å². The summed E-state index contributed by atoms with van der Waals surface area (Å²) in [6.07, 6.45) is 0. The molecule has 1 unspecified atom stereocenters. The summed E-state index contributed by atoms with van der Waals surface area (Å²) in [7, 11) is 0. The Kier molecular flexibility index (Phi) is 3.92. The van der Waals surface area contributed by atoms with Gasteiger partial charge in [0.05, 0.1) is 11.4 Å². The van der Waals surface area contributed by atoms with Crippen LogP contribution in [0, 0.1) is 6.92 Å². The Morgan fingerprint density at radius 3 is 2.59 bits per heavy atom. The molecule has 0 radical (unpaired) electrons. The summed E-state index contributed by atoms with van der Waals surface area (Å²) in [6, 6.07) is 3.62. The highest BCUT2D eigenvalue weighted by Crippen LogP contribution is 2.19. The number of carboxylic acid groups (broad SMARTS) is 1. The zero-order valence-electron chi connectivity index (χ0n) is 9.65. The maximum absolute atomic E-state index is 11.4. The Labute approximate surface area is 98.8 Å². The summed E-state index contributed by atoms with van der Waals surface area (Å²) in [5.74, 6) is -1.10. The molecule has 1 aromatic carbocycles. The van der Waals surface area contributed by atoms with Crippen LogP contribution >= 0.6 is 0 Å². The lowest BCUT2D eigenvalue weighted by molar-refractivity contribution is -0.138. The number of nitrogens with one attached hydrogen (secondary N) is 2. The van der Waals surface area contributed by atoms with Gasteiger partial charge in [0.15, 0.2) is 0 Å². The van der Waals surface area contributed by atoms with E-state index in [0.717, 1.165) is 5.56 Å². The first-order valence-electron chi connectivity index (χ1n) is 5.06. The first-order chi connectivity index (χ1) is 7.90. The van der Waals surface area contributed by atoms with E-state index in [1.807, 2.05) is 6.92 Å². The molecule has 0 heterocycles. The molecule has 1 atom stereocenters. The summed E-state index contributed by atoms with van der Waals surface area (Å²) in [4.78, 5) is 22.0. The van der Waals surface area contributed by atoms with Crippen LogP contribution in [-0.4, -0.2) is 23.1 Å². The molecular formula is C11H15N3O3. The van der Waals surface area contributed by atoms with Gasteiger partial charge in [0.1, 0.15) is 6.04 Å². The number of benzene rings is 1. The molecule has 0 saturated heterocycles. The number of aryl methyl sites for hydroxylation is 1. The number of hydrogen-bond donors (Lipinski definition) is 4. The summed E-state index contributed by atoms with van der Waals surface area (Å²) >= 11 is 0. The van der Waals surface area contributed by atoms with Crippen LogP contribution in [0.25, 0.3) is 0 Å². The Morgan fingerprint density at radius 2 is 2.06 bits per heavy atom. The number of carbonyl (C=O) groups excluding carboxylic acids is 1. The molecule has 17 heavy (non-hydrogen) atoms. The highest BCUT2D eigenvalue weighted by Gasteiger charge is 2.14. The van der Waals surface area contributed by atoms with Crippen molar-refractivity contribution >= 4 is 23.4 Å². The van der Waals surface area contributed by atoms with Gasteiger partial charge >= 0.3 is 12.0 Å². The van der Waals surface area contributed by atoms with Crippen molar-refractivity contribution in [3.05, 3.63) is 23.8 Å². The minimum absolute atomic E-state index is 0.433. The largest absolute Gasteiger partial charge is 0.480 e. The molecule has 0 saturated carbocycles. The second-order valence-corrected chi connectivity index (χ2v) is 3.75. The van der Waals surface area contributed by atoms with Gasteiger partial charge < -0.3 is 21.5 Å². The lowest BCUT2D eigenvalue weighted by Gasteiger charge is -2.12. The van der Waals surface area contributed by atoms with Gasteiger partial charge in [-0.2, -0.15) is 0 Å². The number of aliphatic carboxylic acids is 1. The predicted molar refractivity (Wildman–Crippen MR) is 64.8 cm³/mol. The standard InChI is InChI=1S/C11H15N3O3/c1-6-3-4-9(8(12)5-6)14-11(17)13-7(2)10(15)16/h3-5,7H,12H2,1-2H3,(H,15,16)(H2,13,14,17). The number of urea groups is 1. The molecule has 92 valence electrons. The van der Waals surface area contributed by atoms with E-state index in [-0.39, 0.29) is 0 Å². The molecule has 0 aliphatic carbocycles. The van der Waals surface area contributed by atoms with Crippen LogP contribution in [0.5, 0.6) is 0 Å². The molecule has 1 aromatic rings. The van der Waals surface area contributed by atoms with Gasteiger partial charge in [-0.3, -0.25) is 4.79 Å². The average Bonchev–Trinajstić information content (AvgIpc) is 2.22. The van der Waals surface area contributed by atoms with E-state index < -0.39 is 18.0 Å². The minimum Gasteiger partial charge on any atom is -0.480 e. The molecular weight excluding hydrogens is 222 g/mol. The Hall–Kier alpha value is -2.24. The fourth-order valence-electron chi connectivity index (χ4n) is 1.21. The van der Waals surface area contributed by atoms with E-state index in [9.17, 15) is 9.59 Å². The maximum Gasteiger partial charge on any atom is 0.325 e. The van der Waals surface area contributed by atoms with E-state index in [2.05, 4.69) is 10.6 Å². The van der Waals surface area contributed by atoms with Crippen molar-refractivity contribution in [2.24, 2.45) is 0 Å². The molecule has 5 N–H and O–H groups in total. The van der Waals surface area contributed by atoms with Gasteiger partial charge in [0.2, 0.25) is 0 Å². The molecule has 0 aliphatic rings. The van der Waals surface area contributed by atoms with Crippen molar-refractivity contribution in [2.45, 2.75) is 19.9 Å². The summed E-state index contributed by atoms with van der Waals surface area (Å²) in [6.45, 7) is 3.26. The van der Waals surface area contributed by atoms with Crippen molar-refractivity contribution in [1.82, 2.24) is 5.32 Å². The number of nitrogen functional groups attached to an aromatic ring is 1. The zero-order chi connectivity index (χ0) is 13.0. The average molecular weight is 237 g/mol. The van der Waals surface area contributed by atoms with Crippen LogP contribution in [-0.2, 0) is 4.79 Å². The van der Waals surface area contributed by atoms with E-state index >= 15 is 0 Å². The van der Waals surface area contributed by atoms with Gasteiger partial charge in [-0.1, -0.05) is 6.07 Å². The summed E-state index contributed by atoms with van der Waals surface area (Å²) in [5, 5.41) is 13.4. The molecule has 0 aromatic heterocycles. The lowest BCUT2D eigenvalue weighted by atomic mass is 10.2. The van der Waals surface area contributed by atoms with Gasteiger partial charge in [0.25, 0.3) is 0 Å². The highest BCUT2D eigenvalue weighted by atomic mass is 16.4. The number of carboxylic acids is 1. The molecule has 2 amide bonds. The summed E-state index contributed by atoms with van der Waals surface area (Å²) < 4.78 is 0. The normalized spacial score (nSPS) is 11.6. The van der Waals surface area contributed by atoms with Gasteiger partial charge in [-0.15, -0.1) is 0 Å². The van der Waals surface area contributed by atoms with E-state index in [0.29, 0.717) is 11.4 Å². The van der Waals surface area contributed by atoms with Gasteiger partial charge in [-0.05, 0) is 31.5 Å². The van der Waals surface area contributed by atoms with Crippen LogP contribution in [0.4, 0.5) is 16.2 Å². The minimum atomic E-state index is -1.10. The van der Waals surface area contributed by atoms with Crippen molar-refractivity contribution in [3.63, 3.8) is 0 Å². The van der Waals surface area contributed by atoms with Crippen LogP contribution < -0.4 is 16.4 Å². The van der Waals surface area contributed by atoms with E-state index in [1.165, 1.54) is 6.92 Å². The fourth-order valence-corrected chi connectivity index (χ4v) is 1.21. The number of carbonyl (C=O) groups is 2.